The monoisotopic (exact) mass is 390 g/mol. The first kappa shape index (κ1) is 18.7. The fourth-order valence-electron chi connectivity index (χ4n) is 3.16. The molecule has 3 aromatic rings. The molecule has 0 atom stereocenters. The number of aromatic nitrogens is 4. The van der Waals surface area contributed by atoms with Crippen molar-refractivity contribution in [2.24, 2.45) is 0 Å². The van der Waals surface area contributed by atoms with Crippen molar-refractivity contribution >= 4 is 17.8 Å². The molecule has 4 rings (SSSR count). The van der Waals surface area contributed by atoms with Crippen LogP contribution in [0.2, 0.25) is 0 Å². The van der Waals surface area contributed by atoms with Gasteiger partial charge in [-0.3, -0.25) is 4.79 Å². The molecule has 1 fully saturated rings. The molecule has 0 spiro atoms. The highest BCUT2D eigenvalue weighted by Gasteiger charge is 2.20. The molecule has 29 heavy (non-hydrogen) atoms. The van der Waals surface area contributed by atoms with Gasteiger partial charge in [-0.25, -0.2) is 4.68 Å². The maximum Gasteiger partial charge on any atom is 0.246 e. The van der Waals surface area contributed by atoms with Crippen molar-refractivity contribution in [3.05, 3.63) is 66.5 Å². The first-order valence-electron chi connectivity index (χ1n) is 9.43. The average molecular weight is 390 g/mol. The Bertz CT molecular complexity index is 959. The lowest BCUT2D eigenvalue weighted by molar-refractivity contribution is -0.126. The number of piperazine rings is 1. The maximum absolute atomic E-state index is 12.5. The quantitative estimate of drug-likeness (QED) is 0.621. The fraction of sp³-hybridized carbons (Fsp3) is 0.238. The molecule has 0 saturated carbocycles. The van der Waals surface area contributed by atoms with Crippen LogP contribution in [-0.4, -0.2) is 64.1 Å². The second-order valence-electron chi connectivity index (χ2n) is 6.62. The van der Waals surface area contributed by atoms with Crippen molar-refractivity contribution in [3.63, 3.8) is 0 Å². The van der Waals surface area contributed by atoms with Crippen LogP contribution in [-0.2, 0) is 4.79 Å². The summed E-state index contributed by atoms with van der Waals surface area (Å²) in [5.41, 5.74) is 0.963. The number of nitrogens with zero attached hydrogens (tertiary/aromatic N) is 6. The minimum absolute atomic E-state index is 0.0144. The van der Waals surface area contributed by atoms with Gasteiger partial charge in [-0.05, 0) is 42.0 Å². The number of methoxy groups -OCH3 is 1. The average Bonchev–Trinajstić information content (AvgIpc) is 3.33. The van der Waals surface area contributed by atoms with Crippen molar-refractivity contribution < 1.29 is 9.53 Å². The van der Waals surface area contributed by atoms with Crippen LogP contribution in [0.4, 0.5) is 5.82 Å². The Kier molecular flexibility index (Phi) is 5.51. The van der Waals surface area contributed by atoms with Gasteiger partial charge < -0.3 is 14.5 Å². The highest BCUT2D eigenvalue weighted by molar-refractivity contribution is 5.92. The number of carbonyl (C=O) groups is 1. The second kappa shape index (κ2) is 8.55. The van der Waals surface area contributed by atoms with Crippen molar-refractivity contribution in [2.45, 2.75) is 0 Å². The van der Waals surface area contributed by atoms with E-state index in [9.17, 15) is 4.79 Å². The van der Waals surface area contributed by atoms with Crippen molar-refractivity contribution in [1.82, 2.24) is 24.9 Å². The smallest absolute Gasteiger partial charge is 0.246 e. The van der Waals surface area contributed by atoms with Crippen LogP contribution in [0.5, 0.6) is 5.75 Å². The molecule has 1 aliphatic heterocycles. The minimum atomic E-state index is 0.0144. The summed E-state index contributed by atoms with van der Waals surface area (Å²) >= 11 is 0. The van der Waals surface area contributed by atoms with E-state index in [1.165, 1.54) is 0 Å². The summed E-state index contributed by atoms with van der Waals surface area (Å²) in [5, 5.41) is 12.7. The van der Waals surface area contributed by atoms with Crippen molar-refractivity contribution in [2.75, 3.05) is 38.2 Å². The van der Waals surface area contributed by atoms with Gasteiger partial charge in [-0.1, -0.05) is 12.1 Å². The third-order valence-corrected chi connectivity index (χ3v) is 4.83. The molecule has 2 aromatic heterocycles. The van der Waals surface area contributed by atoms with E-state index in [2.05, 4.69) is 20.2 Å². The Labute approximate surface area is 169 Å². The van der Waals surface area contributed by atoms with Gasteiger partial charge in [0.2, 0.25) is 5.91 Å². The number of ether oxygens (including phenoxy) is 1. The molecule has 0 N–H and O–H groups in total. The molecule has 1 aromatic carbocycles. The van der Waals surface area contributed by atoms with Crippen LogP contribution in [0.25, 0.3) is 11.9 Å². The minimum Gasteiger partial charge on any atom is -0.497 e. The molecule has 0 radical (unpaired) electrons. The zero-order valence-corrected chi connectivity index (χ0v) is 16.2. The lowest BCUT2D eigenvalue weighted by Gasteiger charge is -2.34. The molecule has 0 unspecified atom stereocenters. The highest BCUT2D eigenvalue weighted by atomic mass is 16.5. The first-order valence-corrected chi connectivity index (χ1v) is 9.43. The van der Waals surface area contributed by atoms with Crippen LogP contribution < -0.4 is 9.64 Å². The van der Waals surface area contributed by atoms with E-state index in [-0.39, 0.29) is 5.91 Å². The van der Waals surface area contributed by atoms with E-state index >= 15 is 0 Å². The van der Waals surface area contributed by atoms with Gasteiger partial charge in [0, 0.05) is 44.6 Å². The topological polar surface area (TPSA) is 76.4 Å². The van der Waals surface area contributed by atoms with Crippen molar-refractivity contribution in [1.29, 1.82) is 0 Å². The molecular formula is C21H22N6O2. The lowest BCUT2D eigenvalue weighted by atomic mass is 10.2. The number of amides is 1. The van der Waals surface area contributed by atoms with E-state index < -0.39 is 0 Å². The van der Waals surface area contributed by atoms with E-state index in [0.717, 1.165) is 30.2 Å². The summed E-state index contributed by atoms with van der Waals surface area (Å²) in [6.07, 6.45) is 6.98. The standard InChI is InChI=1S/C21H22N6O2/c1-29-18-6-3-17(4-7-18)5-10-21(28)26-15-13-25(14-16-26)19-8-9-20(24-23-19)27-12-2-11-22-27/h2-12H,13-16H2,1H3/b10-5+. The first-order chi connectivity index (χ1) is 14.2. The maximum atomic E-state index is 12.5. The summed E-state index contributed by atoms with van der Waals surface area (Å²) in [5.74, 6) is 2.30. The van der Waals surface area contributed by atoms with Crippen molar-refractivity contribution in [3.8, 4) is 11.6 Å². The lowest BCUT2D eigenvalue weighted by Crippen LogP contribution is -2.48. The number of hydrogen-bond acceptors (Lipinski definition) is 6. The molecule has 0 aliphatic carbocycles. The van der Waals surface area contributed by atoms with Crippen LogP contribution >= 0.6 is 0 Å². The summed E-state index contributed by atoms with van der Waals surface area (Å²) in [7, 11) is 1.63. The molecule has 3 heterocycles. The Morgan fingerprint density at radius 3 is 2.34 bits per heavy atom. The Hall–Kier alpha value is -3.68. The van der Waals surface area contributed by atoms with Crippen LogP contribution in [0.1, 0.15) is 5.56 Å². The highest BCUT2D eigenvalue weighted by Crippen LogP contribution is 2.15. The summed E-state index contributed by atoms with van der Waals surface area (Å²) in [6.45, 7) is 2.73. The van der Waals surface area contributed by atoms with Gasteiger partial charge in [0.15, 0.2) is 11.6 Å². The Morgan fingerprint density at radius 1 is 1.00 bits per heavy atom. The zero-order valence-electron chi connectivity index (χ0n) is 16.2. The van der Waals surface area contributed by atoms with Gasteiger partial charge in [-0.2, -0.15) is 5.10 Å². The fourth-order valence-corrected chi connectivity index (χ4v) is 3.16. The molecule has 0 bridgehead atoms. The van der Waals surface area contributed by atoms with Gasteiger partial charge in [-0.15, -0.1) is 10.2 Å². The normalized spacial score (nSPS) is 14.4. The molecule has 1 saturated heterocycles. The Balaban J connectivity index is 1.31. The van der Waals surface area contributed by atoms with E-state index in [4.69, 9.17) is 4.74 Å². The third-order valence-electron chi connectivity index (χ3n) is 4.83. The Morgan fingerprint density at radius 2 is 1.72 bits per heavy atom. The summed E-state index contributed by atoms with van der Waals surface area (Å²) in [4.78, 5) is 16.5. The number of benzene rings is 1. The van der Waals surface area contributed by atoms with Crippen LogP contribution in [0.15, 0.2) is 60.9 Å². The van der Waals surface area contributed by atoms with Gasteiger partial charge >= 0.3 is 0 Å². The summed E-state index contributed by atoms with van der Waals surface area (Å²) in [6, 6.07) is 13.3. The molecule has 8 nitrogen and oxygen atoms in total. The van der Waals surface area contributed by atoms with E-state index in [1.54, 1.807) is 24.1 Å². The second-order valence-corrected chi connectivity index (χ2v) is 6.62. The number of hydrogen-bond donors (Lipinski definition) is 0. The molecule has 1 aliphatic rings. The predicted molar refractivity (Wildman–Crippen MR) is 110 cm³/mol. The summed E-state index contributed by atoms with van der Waals surface area (Å²) < 4.78 is 6.81. The third kappa shape index (κ3) is 4.43. The van der Waals surface area contributed by atoms with Crippen LogP contribution in [0.3, 0.4) is 0 Å². The van der Waals surface area contributed by atoms with Gasteiger partial charge in [0.25, 0.3) is 0 Å². The zero-order chi connectivity index (χ0) is 20.1. The molecule has 1 amide bonds. The molecule has 148 valence electrons. The largest absolute Gasteiger partial charge is 0.497 e. The number of carbonyl (C=O) groups excluding carboxylic acids is 1. The molecular weight excluding hydrogens is 368 g/mol. The number of rotatable bonds is 5. The molecule has 8 heteroatoms. The van der Waals surface area contributed by atoms with Crippen LogP contribution in [0, 0.1) is 0 Å². The van der Waals surface area contributed by atoms with E-state index in [0.29, 0.717) is 18.9 Å². The SMILES string of the molecule is COc1ccc(/C=C/C(=O)N2CCN(c3ccc(-n4cccn4)nn3)CC2)cc1. The van der Waals surface area contributed by atoms with Gasteiger partial charge in [0.05, 0.1) is 7.11 Å². The van der Waals surface area contributed by atoms with Gasteiger partial charge in [0.1, 0.15) is 5.75 Å². The predicted octanol–water partition coefficient (Wildman–Crippen LogP) is 2.03. The number of anilines is 1. The van der Waals surface area contributed by atoms with E-state index in [1.807, 2.05) is 59.6 Å².